The van der Waals surface area contributed by atoms with Gasteiger partial charge >= 0.3 is 5.97 Å². The van der Waals surface area contributed by atoms with Gasteiger partial charge in [-0.25, -0.2) is 4.79 Å². The van der Waals surface area contributed by atoms with Gasteiger partial charge in [-0.2, -0.15) is 8.42 Å². The summed E-state index contributed by atoms with van der Waals surface area (Å²) in [6.45, 7) is 2.00. The maximum atomic E-state index is 12.0. The first-order chi connectivity index (χ1) is 11.4. The third kappa shape index (κ3) is 4.91. The van der Waals surface area contributed by atoms with Crippen LogP contribution < -0.4 is 0 Å². The number of esters is 1. The number of carbonyl (C=O) groups is 1. The van der Waals surface area contributed by atoms with Crippen molar-refractivity contribution >= 4 is 16.1 Å². The molecule has 0 N–H and O–H groups in total. The van der Waals surface area contributed by atoms with Crippen LogP contribution in [0.3, 0.4) is 0 Å². The fourth-order valence-electron chi connectivity index (χ4n) is 2.14. The number of methoxy groups -OCH3 is 1. The lowest BCUT2D eigenvalue weighted by Crippen LogP contribution is -2.08. The van der Waals surface area contributed by atoms with Crippen molar-refractivity contribution < 1.29 is 22.1 Å². The molecule has 0 atom stereocenters. The molecule has 0 aliphatic rings. The molecule has 0 saturated carbocycles. The Labute approximate surface area is 142 Å². The predicted octanol–water partition coefficient (Wildman–Crippen LogP) is 3.12. The zero-order valence-electron chi connectivity index (χ0n) is 13.7. The molecule has 6 heteroatoms. The molecule has 0 radical (unpaired) electrons. The van der Waals surface area contributed by atoms with E-state index in [1.165, 1.54) is 19.2 Å². The van der Waals surface area contributed by atoms with E-state index in [1.807, 2.05) is 19.1 Å². The Hall–Kier alpha value is -2.18. The first kappa shape index (κ1) is 18.2. The number of rotatable bonds is 7. The van der Waals surface area contributed by atoms with Gasteiger partial charge in [0.25, 0.3) is 10.1 Å². The van der Waals surface area contributed by atoms with Crippen LogP contribution in [0.1, 0.15) is 27.9 Å². The molecule has 0 aliphatic carbocycles. The Morgan fingerprint density at radius 3 is 2.21 bits per heavy atom. The largest absolute Gasteiger partial charge is 0.465 e. The van der Waals surface area contributed by atoms with Crippen LogP contribution >= 0.6 is 0 Å². The highest BCUT2D eigenvalue weighted by Gasteiger charge is 2.14. The van der Waals surface area contributed by atoms with Gasteiger partial charge in [-0.05, 0) is 49.6 Å². The molecule has 0 amide bonds. The third-order valence-corrected chi connectivity index (χ3v) is 4.86. The van der Waals surface area contributed by atoms with Crippen LogP contribution in [0, 0.1) is 6.92 Å². The monoisotopic (exact) mass is 348 g/mol. The van der Waals surface area contributed by atoms with Crippen molar-refractivity contribution in [1.82, 2.24) is 0 Å². The van der Waals surface area contributed by atoms with Crippen LogP contribution in [-0.2, 0) is 25.5 Å². The van der Waals surface area contributed by atoms with Crippen LogP contribution in [0.15, 0.2) is 53.4 Å². The molecule has 0 aromatic heterocycles. The van der Waals surface area contributed by atoms with Gasteiger partial charge in [-0.3, -0.25) is 4.18 Å². The fourth-order valence-corrected chi connectivity index (χ4v) is 3.09. The highest BCUT2D eigenvalue weighted by molar-refractivity contribution is 7.86. The Morgan fingerprint density at radius 1 is 1.00 bits per heavy atom. The normalized spacial score (nSPS) is 11.2. The topological polar surface area (TPSA) is 69.7 Å². The lowest BCUT2D eigenvalue weighted by molar-refractivity contribution is 0.0600. The van der Waals surface area contributed by atoms with Crippen molar-refractivity contribution in [2.24, 2.45) is 0 Å². The van der Waals surface area contributed by atoms with E-state index in [0.717, 1.165) is 11.1 Å². The zero-order valence-corrected chi connectivity index (χ0v) is 14.5. The van der Waals surface area contributed by atoms with Gasteiger partial charge in [-0.1, -0.05) is 29.8 Å². The highest BCUT2D eigenvalue weighted by Crippen LogP contribution is 2.14. The van der Waals surface area contributed by atoms with Gasteiger partial charge < -0.3 is 4.74 Å². The molecule has 2 rings (SSSR count). The van der Waals surface area contributed by atoms with Crippen LogP contribution in [0.25, 0.3) is 0 Å². The van der Waals surface area contributed by atoms with E-state index in [1.54, 1.807) is 24.3 Å². The van der Waals surface area contributed by atoms with E-state index in [0.29, 0.717) is 18.4 Å². The summed E-state index contributed by atoms with van der Waals surface area (Å²) in [6.07, 6.45) is 1.22. The first-order valence-electron chi connectivity index (χ1n) is 7.56. The fraction of sp³-hybridized carbons (Fsp3) is 0.278. The average Bonchev–Trinajstić information content (AvgIpc) is 2.59. The van der Waals surface area contributed by atoms with Gasteiger partial charge in [0, 0.05) is 0 Å². The van der Waals surface area contributed by atoms with Gasteiger partial charge in [0.2, 0.25) is 0 Å². The number of hydrogen-bond donors (Lipinski definition) is 0. The smallest absolute Gasteiger partial charge is 0.337 e. The van der Waals surface area contributed by atoms with Crippen molar-refractivity contribution in [2.45, 2.75) is 24.7 Å². The summed E-state index contributed by atoms with van der Waals surface area (Å²) < 4.78 is 33.8. The predicted molar refractivity (Wildman–Crippen MR) is 90.4 cm³/mol. The molecule has 0 heterocycles. The summed E-state index contributed by atoms with van der Waals surface area (Å²) in [6, 6.07) is 13.6. The van der Waals surface area contributed by atoms with Gasteiger partial charge in [0.1, 0.15) is 0 Å². The van der Waals surface area contributed by atoms with Crippen molar-refractivity contribution in [3.05, 3.63) is 65.2 Å². The molecule has 5 nitrogen and oxygen atoms in total. The number of carbonyl (C=O) groups excluding carboxylic acids is 1. The second-order valence-electron chi connectivity index (χ2n) is 5.38. The molecule has 0 unspecified atom stereocenters. The molecular weight excluding hydrogens is 328 g/mol. The number of hydrogen-bond acceptors (Lipinski definition) is 5. The van der Waals surface area contributed by atoms with Crippen LogP contribution in [0.4, 0.5) is 0 Å². The van der Waals surface area contributed by atoms with Gasteiger partial charge in [0.15, 0.2) is 0 Å². The molecular formula is C18H20O5S. The minimum absolute atomic E-state index is 0.106. The Kier molecular flexibility index (Phi) is 6.11. The van der Waals surface area contributed by atoms with Crippen LogP contribution in [-0.4, -0.2) is 28.1 Å². The molecule has 128 valence electrons. The van der Waals surface area contributed by atoms with Crippen molar-refractivity contribution in [2.75, 3.05) is 13.7 Å². The van der Waals surface area contributed by atoms with E-state index in [4.69, 9.17) is 4.18 Å². The minimum atomic E-state index is -3.71. The van der Waals surface area contributed by atoms with E-state index in [9.17, 15) is 13.2 Å². The number of ether oxygens (including phenoxy) is 1. The number of aryl methyl sites for hydroxylation is 2. The van der Waals surface area contributed by atoms with E-state index in [2.05, 4.69) is 4.74 Å². The minimum Gasteiger partial charge on any atom is -0.465 e. The highest BCUT2D eigenvalue weighted by atomic mass is 32.2. The molecule has 0 bridgehead atoms. The molecule has 2 aromatic rings. The standard InChI is InChI=1S/C18H20O5S/c1-14-5-11-17(12-6-14)24(20,21)23-13-3-4-15-7-9-16(10-8-15)18(19)22-2/h5-12H,3-4,13H2,1-2H3. The Bertz CT molecular complexity index is 777. The van der Waals surface area contributed by atoms with Crippen molar-refractivity contribution in [3.63, 3.8) is 0 Å². The molecule has 0 aliphatic heterocycles. The number of benzene rings is 2. The summed E-state index contributed by atoms with van der Waals surface area (Å²) in [5.41, 5.74) is 2.47. The second-order valence-corrected chi connectivity index (χ2v) is 7.00. The Balaban J connectivity index is 1.84. The molecule has 0 spiro atoms. The summed E-state index contributed by atoms with van der Waals surface area (Å²) in [7, 11) is -2.38. The van der Waals surface area contributed by atoms with Gasteiger partial charge in [0.05, 0.1) is 24.2 Å². The summed E-state index contributed by atoms with van der Waals surface area (Å²) in [5.74, 6) is -0.380. The summed E-state index contributed by atoms with van der Waals surface area (Å²) in [5, 5.41) is 0. The lowest BCUT2D eigenvalue weighted by atomic mass is 10.1. The quantitative estimate of drug-likeness (QED) is 0.437. The van der Waals surface area contributed by atoms with Crippen LogP contribution in [0.5, 0.6) is 0 Å². The molecule has 0 fully saturated rings. The van der Waals surface area contributed by atoms with Gasteiger partial charge in [-0.15, -0.1) is 0 Å². The van der Waals surface area contributed by atoms with E-state index < -0.39 is 10.1 Å². The first-order valence-corrected chi connectivity index (χ1v) is 8.96. The maximum Gasteiger partial charge on any atom is 0.337 e. The van der Waals surface area contributed by atoms with Crippen LogP contribution in [0.2, 0.25) is 0 Å². The van der Waals surface area contributed by atoms with Crippen molar-refractivity contribution in [1.29, 1.82) is 0 Å². The third-order valence-electron chi connectivity index (χ3n) is 3.53. The summed E-state index contributed by atoms with van der Waals surface area (Å²) in [4.78, 5) is 11.5. The average molecular weight is 348 g/mol. The molecule has 0 saturated heterocycles. The van der Waals surface area contributed by atoms with E-state index in [-0.39, 0.29) is 17.5 Å². The lowest BCUT2D eigenvalue weighted by Gasteiger charge is -2.06. The SMILES string of the molecule is COC(=O)c1ccc(CCCOS(=O)(=O)c2ccc(C)cc2)cc1. The molecule has 2 aromatic carbocycles. The van der Waals surface area contributed by atoms with Crippen molar-refractivity contribution in [3.8, 4) is 0 Å². The molecule has 24 heavy (non-hydrogen) atoms. The summed E-state index contributed by atoms with van der Waals surface area (Å²) >= 11 is 0. The van der Waals surface area contributed by atoms with E-state index >= 15 is 0 Å². The second kappa shape index (κ2) is 8.08. The zero-order chi connectivity index (χ0) is 17.6. The maximum absolute atomic E-state index is 12.0. The Morgan fingerprint density at radius 2 is 1.62 bits per heavy atom.